The van der Waals surface area contributed by atoms with Gasteiger partial charge in [0.2, 0.25) is 0 Å². The third-order valence-corrected chi connectivity index (χ3v) is 2.38. The van der Waals surface area contributed by atoms with Crippen molar-refractivity contribution in [3.63, 3.8) is 0 Å². The first kappa shape index (κ1) is 9.92. The number of hydrogen-bond acceptors (Lipinski definition) is 3. The number of halogens is 1. The van der Waals surface area contributed by atoms with Crippen LogP contribution in [-0.4, -0.2) is 22.8 Å². The largest absolute Gasteiger partial charge is 0.493 e. The molecule has 1 aromatic rings. The average Bonchev–Trinajstić information content (AvgIpc) is 2.64. The number of ether oxygens (including phenoxy) is 1. The van der Waals surface area contributed by atoms with Crippen LogP contribution in [0, 0.1) is 5.82 Å². The highest BCUT2D eigenvalue weighted by Crippen LogP contribution is 2.33. The Hall–Kier alpha value is -1.62. The zero-order valence-electron chi connectivity index (χ0n) is 7.74. The summed E-state index contributed by atoms with van der Waals surface area (Å²) in [5, 5.41) is 18.0. The van der Waals surface area contributed by atoms with E-state index in [-0.39, 0.29) is 5.56 Å². The average molecular weight is 212 g/mol. The molecule has 1 atom stereocenters. The fourth-order valence-electron chi connectivity index (χ4n) is 1.69. The van der Waals surface area contributed by atoms with Crippen LogP contribution in [-0.2, 0) is 11.2 Å². The highest BCUT2D eigenvalue weighted by atomic mass is 19.1. The van der Waals surface area contributed by atoms with Crippen LogP contribution in [0.25, 0.3) is 0 Å². The van der Waals surface area contributed by atoms with Gasteiger partial charge in [-0.2, -0.15) is 0 Å². The number of rotatable bonds is 2. The SMILES string of the molecule is O=C(O)C(O)c1c(F)ccc2c1CCO2. The lowest BCUT2D eigenvalue weighted by atomic mass is 9.99. The van der Waals surface area contributed by atoms with Gasteiger partial charge in [0.15, 0.2) is 6.10 Å². The van der Waals surface area contributed by atoms with Gasteiger partial charge >= 0.3 is 5.97 Å². The van der Waals surface area contributed by atoms with Gasteiger partial charge in [-0.25, -0.2) is 9.18 Å². The highest BCUT2D eigenvalue weighted by Gasteiger charge is 2.28. The molecule has 0 bridgehead atoms. The van der Waals surface area contributed by atoms with E-state index in [0.29, 0.717) is 24.3 Å². The Balaban J connectivity index is 2.54. The summed E-state index contributed by atoms with van der Waals surface area (Å²) < 4.78 is 18.5. The number of aliphatic carboxylic acids is 1. The molecule has 0 aromatic heterocycles. The maximum Gasteiger partial charge on any atom is 0.337 e. The molecule has 0 amide bonds. The predicted molar refractivity (Wildman–Crippen MR) is 48.2 cm³/mol. The van der Waals surface area contributed by atoms with Crippen LogP contribution < -0.4 is 4.74 Å². The van der Waals surface area contributed by atoms with E-state index in [9.17, 15) is 14.3 Å². The lowest BCUT2D eigenvalue weighted by Crippen LogP contribution is -2.14. The van der Waals surface area contributed by atoms with Crippen LogP contribution in [0.5, 0.6) is 5.75 Å². The fraction of sp³-hybridized carbons (Fsp3) is 0.300. The molecule has 15 heavy (non-hydrogen) atoms. The summed E-state index contributed by atoms with van der Waals surface area (Å²) in [5.41, 5.74) is 0.266. The Morgan fingerprint density at radius 1 is 1.53 bits per heavy atom. The second-order valence-electron chi connectivity index (χ2n) is 3.28. The minimum absolute atomic E-state index is 0.183. The third kappa shape index (κ3) is 1.55. The van der Waals surface area contributed by atoms with Gasteiger partial charge in [0.05, 0.1) is 6.61 Å². The topological polar surface area (TPSA) is 66.8 Å². The van der Waals surface area contributed by atoms with Crippen molar-refractivity contribution in [2.45, 2.75) is 12.5 Å². The van der Waals surface area contributed by atoms with Crippen molar-refractivity contribution in [2.75, 3.05) is 6.61 Å². The Kier molecular flexibility index (Phi) is 2.32. The van der Waals surface area contributed by atoms with Crippen LogP contribution in [0.4, 0.5) is 4.39 Å². The standard InChI is InChI=1S/C10H9FO4/c11-6-1-2-7-5(3-4-15-7)8(6)9(12)10(13)14/h1-2,9,12H,3-4H2,(H,13,14). The molecule has 1 aromatic carbocycles. The Morgan fingerprint density at radius 3 is 2.93 bits per heavy atom. The first-order chi connectivity index (χ1) is 7.11. The molecule has 1 unspecified atom stereocenters. The molecule has 0 saturated heterocycles. The van der Waals surface area contributed by atoms with Crippen molar-refractivity contribution in [3.8, 4) is 5.75 Å². The van der Waals surface area contributed by atoms with E-state index in [0.717, 1.165) is 6.07 Å². The normalized spacial score (nSPS) is 15.6. The van der Waals surface area contributed by atoms with E-state index in [4.69, 9.17) is 9.84 Å². The molecule has 4 nitrogen and oxygen atoms in total. The van der Waals surface area contributed by atoms with Gasteiger partial charge in [0, 0.05) is 17.5 Å². The molecule has 0 saturated carbocycles. The maximum absolute atomic E-state index is 13.4. The van der Waals surface area contributed by atoms with E-state index in [1.807, 2.05) is 0 Å². The van der Waals surface area contributed by atoms with Gasteiger partial charge in [-0.3, -0.25) is 0 Å². The van der Waals surface area contributed by atoms with E-state index < -0.39 is 17.9 Å². The summed E-state index contributed by atoms with van der Waals surface area (Å²) >= 11 is 0. The van der Waals surface area contributed by atoms with Crippen LogP contribution in [0.2, 0.25) is 0 Å². The predicted octanol–water partition coefficient (Wildman–Crippen LogP) is 0.879. The van der Waals surface area contributed by atoms with Gasteiger partial charge < -0.3 is 14.9 Å². The summed E-state index contributed by atoms with van der Waals surface area (Å²) in [4.78, 5) is 10.6. The van der Waals surface area contributed by atoms with Gasteiger partial charge in [0.1, 0.15) is 11.6 Å². The number of hydrogen-bond donors (Lipinski definition) is 2. The molecule has 1 aliphatic rings. The molecule has 1 aliphatic heterocycles. The van der Waals surface area contributed by atoms with E-state index in [1.54, 1.807) is 0 Å². The molecule has 0 fully saturated rings. The second-order valence-corrected chi connectivity index (χ2v) is 3.28. The second kappa shape index (κ2) is 3.51. The van der Waals surface area contributed by atoms with Crippen molar-refractivity contribution < 1.29 is 24.1 Å². The molecular formula is C10H9FO4. The van der Waals surface area contributed by atoms with E-state index in [1.165, 1.54) is 6.07 Å². The van der Waals surface area contributed by atoms with E-state index >= 15 is 0 Å². The van der Waals surface area contributed by atoms with Crippen LogP contribution in [0.3, 0.4) is 0 Å². The smallest absolute Gasteiger partial charge is 0.337 e. The van der Waals surface area contributed by atoms with Crippen LogP contribution in [0.15, 0.2) is 12.1 Å². The minimum atomic E-state index is -1.83. The Labute approximate surface area is 84.9 Å². The zero-order valence-corrected chi connectivity index (χ0v) is 7.74. The highest BCUT2D eigenvalue weighted by molar-refractivity contribution is 5.75. The summed E-state index contributed by atoms with van der Waals surface area (Å²) in [5.74, 6) is -1.73. The molecule has 0 aliphatic carbocycles. The molecule has 2 rings (SSSR count). The number of fused-ring (bicyclic) bond motifs is 1. The molecule has 0 spiro atoms. The molecule has 80 valence electrons. The van der Waals surface area contributed by atoms with Crippen molar-refractivity contribution in [1.82, 2.24) is 0 Å². The number of carboxylic acid groups (broad SMARTS) is 1. The molecule has 0 radical (unpaired) electrons. The van der Waals surface area contributed by atoms with Crippen LogP contribution >= 0.6 is 0 Å². The summed E-state index contributed by atoms with van der Waals surface area (Å²) in [7, 11) is 0. The number of carboxylic acids is 1. The Bertz CT molecular complexity index is 416. The molecule has 2 N–H and O–H groups in total. The van der Waals surface area contributed by atoms with Gasteiger partial charge in [0.25, 0.3) is 0 Å². The van der Waals surface area contributed by atoms with Crippen molar-refractivity contribution in [2.24, 2.45) is 0 Å². The lowest BCUT2D eigenvalue weighted by Gasteiger charge is -2.11. The molecule has 5 heteroatoms. The van der Waals surface area contributed by atoms with Gasteiger partial charge in [-0.05, 0) is 12.1 Å². The first-order valence-corrected chi connectivity index (χ1v) is 4.46. The van der Waals surface area contributed by atoms with Crippen molar-refractivity contribution in [1.29, 1.82) is 0 Å². The van der Waals surface area contributed by atoms with Gasteiger partial charge in [-0.1, -0.05) is 0 Å². The van der Waals surface area contributed by atoms with Crippen molar-refractivity contribution in [3.05, 3.63) is 29.1 Å². The van der Waals surface area contributed by atoms with E-state index in [2.05, 4.69) is 0 Å². The molecular weight excluding hydrogens is 203 g/mol. The first-order valence-electron chi connectivity index (χ1n) is 4.46. The lowest BCUT2D eigenvalue weighted by molar-refractivity contribution is -0.147. The van der Waals surface area contributed by atoms with Gasteiger partial charge in [-0.15, -0.1) is 0 Å². The number of aliphatic hydroxyl groups excluding tert-OH is 1. The van der Waals surface area contributed by atoms with Crippen molar-refractivity contribution >= 4 is 5.97 Å². The number of aliphatic hydroxyl groups is 1. The third-order valence-electron chi connectivity index (χ3n) is 2.38. The molecule has 1 heterocycles. The zero-order chi connectivity index (χ0) is 11.0. The monoisotopic (exact) mass is 212 g/mol. The quantitative estimate of drug-likeness (QED) is 0.763. The summed E-state index contributed by atoms with van der Waals surface area (Å²) in [6.45, 7) is 0.387. The van der Waals surface area contributed by atoms with Crippen LogP contribution in [0.1, 0.15) is 17.2 Å². The number of benzene rings is 1. The number of carbonyl (C=O) groups is 1. The minimum Gasteiger partial charge on any atom is -0.493 e. The summed E-state index contributed by atoms with van der Waals surface area (Å²) in [6, 6.07) is 2.54. The summed E-state index contributed by atoms with van der Waals surface area (Å²) in [6.07, 6.45) is -1.41. The Morgan fingerprint density at radius 2 is 2.27 bits per heavy atom. The maximum atomic E-state index is 13.4. The fourth-order valence-corrected chi connectivity index (χ4v) is 1.69.